The van der Waals surface area contributed by atoms with E-state index in [-0.39, 0.29) is 0 Å². The predicted octanol–water partition coefficient (Wildman–Crippen LogP) is 1.20. The zero-order valence-corrected chi connectivity index (χ0v) is 7.06. The molecule has 0 radical (unpaired) electrons. The molecule has 3 N–H and O–H groups in total. The Morgan fingerprint density at radius 2 is 2.33 bits per heavy atom. The minimum Gasteiger partial charge on any atom is -0.389 e. The fourth-order valence-corrected chi connectivity index (χ4v) is 1.36. The van der Waals surface area contributed by atoms with Crippen molar-refractivity contribution in [3.63, 3.8) is 0 Å². The average molecular weight is 177 g/mol. The van der Waals surface area contributed by atoms with Gasteiger partial charge in [-0.25, -0.2) is 0 Å². The van der Waals surface area contributed by atoms with Gasteiger partial charge in [0.1, 0.15) is 4.99 Å². The molecular formula is C8H7N3S. The van der Waals surface area contributed by atoms with Crippen molar-refractivity contribution in [3.8, 4) is 0 Å². The molecule has 2 rings (SSSR count). The molecule has 0 spiro atoms. The van der Waals surface area contributed by atoms with Crippen LogP contribution in [0.15, 0.2) is 24.4 Å². The van der Waals surface area contributed by atoms with Gasteiger partial charge < -0.3 is 5.73 Å². The van der Waals surface area contributed by atoms with Gasteiger partial charge in [-0.05, 0) is 6.07 Å². The Morgan fingerprint density at radius 1 is 1.50 bits per heavy atom. The first-order valence-corrected chi connectivity index (χ1v) is 3.92. The summed E-state index contributed by atoms with van der Waals surface area (Å²) in [5, 5.41) is 7.73. The highest BCUT2D eigenvalue weighted by atomic mass is 32.1. The van der Waals surface area contributed by atoms with Crippen LogP contribution in [0.1, 0.15) is 5.56 Å². The van der Waals surface area contributed by atoms with Gasteiger partial charge >= 0.3 is 0 Å². The number of hydrogen-bond acceptors (Lipinski definition) is 2. The predicted molar refractivity (Wildman–Crippen MR) is 52.0 cm³/mol. The number of nitrogens with two attached hydrogens (primary N) is 1. The van der Waals surface area contributed by atoms with Gasteiger partial charge in [0.05, 0.1) is 11.7 Å². The molecule has 4 heteroatoms. The minimum atomic E-state index is 0.405. The van der Waals surface area contributed by atoms with Crippen molar-refractivity contribution < 1.29 is 0 Å². The van der Waals surface area contributed by atoms with Gasteiger partial charge in [0.2, 0.25) is 0 Å². The van der Waals surface area contributed by atoms with Crippen LogP contribution in [0.2, 0.25) is 0 Å². The van der Waals surface area contributed by atoms with E-state index in [2.05, 4.69) is 10.2 Å². The van der Waals surface area contributed by atoms with Crippen molar-refractivity contribution in [2.45, 2.75) is 0 Å². The van der Waals surface area contributed by atoms with Crippen LogP contribution in [0.3, 0.4) is 0 Å². The molecule has 0 bridgehead atoms. The number of H-pyrrole nitrogens is 1. The van der Waals surface area contributed by atoms with Crippen LogP contribution >= 0.6 is 12.2 Å². The second-order valence-corrected chi connectivity index (χ2v) is 2.94. The normalized spacial score (nSPS) is 10.3. The molecule has 0 aliphatic heterocycles. The molecule has 60 valence electrons. The monoisotopic (exact) mass is 177 g/mol. The number of aromatic amines is 1. The Hall–Kier alpha value is -1.42. The third kappa shape index (κ3) is 0.967. The first kappa shape index (κ1) is 7.24. The molecule has 1 heterocycles. The van der Waals surface area contributed by atoms with Gasteiger partial charge in [-0.1, -0.05) is 24.4 Å². The molecule has 1 aromatic carbocycles. The molecule has 1 aromatic heterocycles. The second kappa shape index (κ2) is 2.57. The zero-order chi connectivity index (χ0) is 8.55. The van der Waals surface area contributed by atoms with E-state index < -0.39 is 0 Å². The van der Waals surface area contributed by atoms with Crippen LogP contribution in [-0.4, -0.2) is 15.2 Å². The van der Waals surface area contributed by atoms with Crippen LogP contribution in [0.5, 0.6) is 0 Å². The Balaban J connectivity index is 2.82. The van der Waals surface area contributed by atoms with E-state index in [4.69, 9.17) is 18.0 Å². The molecule has 12 heavy (non-hydrogen) atoms. The van der Waals surface area contributed by atoms with E-state index in [1.54, 1.807) is 6.20 Å². The summed E-state index contributed by atoms with van der Waals surface area (Å²) >= 11 is 4.89. The van der Waals surface area contributed by atoms with Crippen LogP contribution in [0, 0.1) is 0 Å². The van der Waals surface area contributed by atoms with E-state index in [9.17, 15) is 0 Å². The fourth-order valence-electron chi connectivity index (χ4n) is 1.18. The van der Waals surface area contributed by atoms with Gasteiger partial charge in [-0.3, -0.25) is 5.10 Å². The van der Waals surface area contributed by atoms with Gasteiger partial charge in [-0.2, -0.15) is 5.10 Å². The molecular weight excluding hydrogens is 170 g/mol. The quantitative estimate of drug-likeness (QED) is 0.643. The molecule has 0 saturated heterocycles. The smallest absolute Gasteiger partial charge is 0.104 e. The first-order chi connectivity index (χ1) is 5.79. The number of nitrogens with one attached hydrogen (secondary N) is 1. The molecule has 0 amide bonds. The van der Waals surface area contributed by atoms with Gasteiger partial charge in [0.25, 0.3) is 0 Å². The SMILES string of the molecule is NC(=S)c1cccc2[nH]ncc12. The summed E-state index contributed by atoms with van der Waals surface area (Å²) in [7, 11) is 0. The first-order valence-electron chi connectivity index (χ1n) is 3.51. The topological polar surface area (TPSA) is 54.7 Å². The minimum absolute atomic E-state index is 0.405. The maximum atomic E-state index is 5.53. The van der Waals surface area contributed by atoms with Crippen molar-refractivity contribution >= 4 is 28.1 Å². The molecule has 2 aromatic rings. The lowest BCUT2D eigenvalue weighted by Crippen LogP contribution is -2.09. The van der Waals surface area contributed by atoms with Gasteiger partial charge in [0.15, 0.2) is 0 Å². The Labute approximate surface area is 74.6 Å². The molecule has 0 aliphatic carbocycles. The van der Waals surface area contributed by atoms with E-state index in [1.165, 1.54) is 0 Å². The van der Waals surface area contributed by atoms with Crippen LogP contribution in [0.25, 0.3) is 10.9 Å². The average Bonchev–Trinajstić information content (AvgIpc) is 2.49. The van der Waals surface area contributed by atoms with E-state index in [0.29, 0.717) is 4.99 Å². The van der Waals surface area contributed by atoms with Crippen molar-refractivity contribution in [1.82, 2.24) is 10.2 Å². The molecule has 0 saturated carbocycles. The summed E-state index contributed by atoms with van der Waals surface area (Å²) < 4.78 is 0. The molecule has 0 unspecified atom stereocenters. The lowest BCUT2D eigenvalue weighted by Gasteiger charge is -1.97. The number of aromatic nitrogens is 2. The van der Waals surface area contributed by atoms with Crippen LogP contribution < -0.4 is 5.73 Å². The Bertz CT molecular complexity index is 433. The fraction of sp³-hybridized carbons (Fsp3) is 0. The lowest BCUT2D eigenvalue weighted by atomic mass is 10.1. The van der Waals surface area contributed by atoms with Crippen molar-refractivity contribution in [3.05, 3.63) is 30.0 Å². The highest BCUT2D eigenvalue weighted by molar-refractivity contribution is 7.80. The number of hydrogen-bond donors (Lipinski definition) is 2. The van der Waals surface area contributed by atoms with Crippen LogP contribution in [0.4, 0.5) is 0 Å². The molecule has 3 nitrogen and oxygen atoms in total. The molecule has 0 aliphatic rings. The second-order valence-electron chi connectivity index (χ2n) is 2.50. The van der Waals surface area contributed by atoms with Gasteiger partial charge in [-0.15, -0.1) is 0 Å². The summed E-state index contributed by atoms with van der Waals surface area (Å²) in [5.41, 5.74) is 7.36. The standard InChI is InChI=1S/C8H7N3S/c9-8(12)5-2-1-3-7-6(5)4-10-11-7/h1-4H,(H2,9,12)(H,10,11). The summed E-state index contributed by atoms with van der Waals surface area (Å²) in [5.74, 6) is 0. The molecule has 0 atom stereocenters. The largest absolute Gasteiger partial charge is 0.389 e. The zero-order valence-electron chi connectivity index (χ0n) is 6.24. The van der Waals surface area contributed by atoms with Crippen molar-refractivity contribution in [1.29, 1.82) is 0 Å². The maximum Gasteiger partial charge on any atom is 0.104 e. The third-order valence-electron chi connectivity index (χ3n) is 1.75. The highest BCUT2D eigenvalue weighted by Crippen LogP contribution is 2.15. The van der Waals surface area contributed by atoms with Crippen molar-refractivity contribution in [2.24, 2.45) is 5.73 Å². The summed E-state index contributed by atoms with van der Waals surface area (Å²) in [6.45, 7) is 0. The number of nitrogens with zero attached hydrogens (tertiary/aromatic N) is 1. The lowest BCUT2D eigenvalue weighted by molar-refractivity contribution is 1.12. The van der Waals surface area contributed by atoms with E-state index >= 15 is 0 Å². The Morgan fingerprint density at radius 3 is 3.08 bits per heavy atom. The summed E-state index contributed by atoms with van der Waals surface area (Å²) in [6.07, 6.45) is 1.73. The number of fused-ring (bicyclic) bond motifs is 1. The maximum absolute atomic E-state index is 5.53. The number of rotatable bonds is 1. The third-order valence-corrected chi connectivity index (χ3v) is 1.97. The Kier molecular flexibility index (Phi) is 1.55. The van der Waals surface area contributed by atoms with E-state index in [1.807, 2.05) is 18.2 Å². The van der Waals surface area contributed by atoms with E-state index in [0.717, 1.165) is 16.5 Å². The highest BCUT2D eigenvalue weighted by Gasteiger charge is 2.03. The van der Waals surface area contributed by atoms with Crippen molar-refractivity contribution in [2.75, 3.05) is 0 Å². The number of benzene rings is 1. The molecule has 0 fully saturated rings. The van der Waals surface area contributed by atoms with Crippen LogP contribution in [-0.2, 0) is 0 Å². The summed E-state index contributed by atoms with van der Waals surface area (Å²) in [6, 6.07) is 5.72. The number of thiocarbonyl (C=S) groups is 1. The van der Waals surface area contributed by atoms with Gasteiger partial charge in [0, 0.05) is 10.9 Å². The summed E-state index contributed by atoms with van der Waals surface area (Å²) in [4.78, 5) is 0.405.